The van der Waals surface area contributed by atoms with E-state index in [4.69, 9.17) is 9.26 Å². The highest BCUT2D eigenvalue weighted by Crippen LogP contribution is 2.37. The first-order valence-electron chi connectivity index (χ1n) is 10.9. The molecule has 4 rings (SSSR count). The topological polar surface area (TPSA) is 103 Å². The Bertz CT molecular complexity index is 1120. The van der Waals surface area contributed by atoms with E-state index in [1.54, 1.807) is 13.1 Å². The van der Waals surface area contributed by atoms with E-state index in [9.17, 15) is 18.0 Å². The van der Waals surface area contributed by atoms with Crippen LogP contribution in [0, 0.1) is 19.8 Å². The normalized spacial score (nSPS) is 18.5. The van der Waals surface area contributed by atoms with E-state index in [-0.39, 0.29) is 49.9 Å². The summed E-state index contributed by atoms with van der Waals surface area (Å²) in [6.45, 7) is 3.79. The highest BCUT2D eigenvalue weighted by molar-refractivity contribution is 5.92. The Labute approximate surface area is 193 Å². The minimum Gasteiger partial charge on any atom is -0.471 e. The SMILES string of the molecule is Cc1ccc(-c2noc(C)c2COc2cnc(C(=O)NC3CCC(C(F)(F)F)CC3)cn2)cn1. The van der Waals surface area contributed by atoms with E-state index in [0.29, 0.717) is 11.5 Å². The van der Waals surface area contributed by atoms with Gasteiger partial charge in [0.2, 0.25) is 5.88 Å². The number of halogens is 3. The van der Waals surface area contributed by atoms with Crippen LogP contribution in [-0.4, -0.2) is 38.2 Å². The number of hydrogen-bond donors (Lipinski definition) is 1. The molecule has 1 N–H and O–H groups in total. The Kier molecular flexibility index (Phi) is 6.80. The van der Waals surface area contributed by atoms with Gasteiger partial charge in [-0.2, -0.15) is 13.2 Å². The first kappa shape index (κ1) is 23.7. The van der Waals surface area contributed by atoms with Gasteiger partial charge >= 0.3 is 6.18 Å². The summed E-state index contributed by atoms with van der Waals surface area (Å²) in [5, 5.41) is 6.83. The predicted octanol–water partition coefficient (Wildman–Crippen LogP) is 4.57. The lowest BCUT2D eigenvalue weighted by molar-refractivity contribution is -0.182. The van der Waals surface area contributed by atoms with Gasteiger partial charge < -0.3 is 14.6 Å². The number of nitrogens with zero attached hydrogens (tertiary/aromatic N) is 4. The number of carbonyl (C=O) groups is 1. The van der Waals surface area contributed by atoms with E-state index < -0.39 is 18.0 Å². The summed E-state index contributed by atoms with van der Waals surface area (Å²) in [5.41, 5.74) is 3.11. The van der Waals surface area contributed by atoms with Crippen molar-refractivity contribution in [3.63, 3.8) is 0 Å². The Morgan fingerprint density at radius 3 is 2.47 bits per heavy atom. The molecule has 0 saturated heterocycles. The molecule has 0 atom stereocenters. The quantitative estimate of drug-likeness (QED) is 0.557. The average Bonchev–Trinajstić information content (AvgIpc) is 3.18. The van der Waals surface area contributed by atoms with Crippen molar-refractivity contribution < 1.29 is 27.2 Å². The lowest BCUT2D eigenvalue weighted by atomic mass is 9.85. The lowest BCUT2D eigenvalue weighted by Gasteiger charge is -2.30. The number of amides is 1. The number of carbonyl (C=O) groups excluding carboxylic acids is 1. The summed E-state index contributed by atoms with van der Waals surface area (Å²) < 4.78 is 49.4. The molecule has 1 amide bonds. The van der Waals surface area contributed by atoms with Crippen molar-refractivity contribution in [2.75, 3.05) is 0 Å². The van der Waals surface area contributed by atoms with E-state index in [2.05, 4.69) is 25.4 Å². The Morgan fingerprint density at radius 1 is 1.09 bits per heavy atom. The molecule has 0 aliphatic heterocycles. The maximum Gasteiger partial charge on any atom is 0.391 e. The van der Waals surface area contributed by atoms with E-state index >= 15 is 0 Å². The van der Waals surface area contributed by atoms with Gasteiger partial charge in [0.05, 0.1) is 23.9 Å². The van der Waals surface area contributed by atoms with Crippen molar-refractivity contribution in [3.8, 4) is 17.1 Å². The molecule has 0 spiro atoms. The van der Waals surface area contributed by atoms with Gasteiger partial charge in [0, 0.05) is 23.5 Å². The summed E-state index contributed by atoms with van der Waals surface area (Å²) in [6.07, 6.45) is 0.704. The molecule has 8 nitrogen and oxygen atoms in total. The molecule has 0 unspecified atom stereocenters. The van der Waals surface area contributed by atoms with Gasteiger partial charge in [-0.05, 0) is 51.7 Å². The molecular formula is C23H24F3N5O3. The van der Waals surface area contributed by atoms with Gasteiger partial charge in [0.1, 0.15) is 23.8 Å². The van der Waals surface area contributed by atoms with Crippen LogP contribution in [0.3, 0.4) is 0 Å². The van der Waals surface area contributed by atoms with E-state index in [0.717, 1.165) is 16.8 Å². The number of alkyl halides is 3. The standard InChI is InChI=1S/C23H24F3N5O3/c1-13-3-4-15(9-27-13)21-18(14(2)34-31-21)12-33-20-11-28-19(10-29-20)22(32)30-17-7-5-16(6-8-17)23(24,25)26/h3-4,9-11,16-17H,5-8,12H2,1-2H3,(H,30,32). The van der Waals surface area contributed by atoms with Crippen LogP contribution in [0.15, 0.2) is 35.2 Å². The van der Waals surface area contributed by atoms with Crippen molar-refractivity contribution >= 4 is 5.91 Å². The molecule has 3 heterocycles. The van der Waals surface area contributed by atoms with Crippen molar-refractivity contribution in [2.24, 2.45) is 5.92 Å². The maximum absolute atomic E-state index is 12.8. The van der Waals surface area contributed by atoms with Gasteiger partial charge in [-0.1, -0.05) is 5.16 Å². The van der Waals surface area contributed by atoms with E-state index in [1.807, 2.05) is 19.1 Å². The predicted molar refractivity (Wildman–Crippen MR) is 115 cm³/mol. The van der Waals surface area contributed by atoms with Gasteiger partial charge in [-0.15, -0.1) is 0 Å². The first-order chi connectivity index (χ1) is 16.2. The van der Waals surface area contributed by atoms with Crippen LogP contribution in [0.1, 0.15) is 53.2 Å². The zero-order chi connectivity index (χ0) is 24.3. The summed E-state index contributed by atoms with van der Waals surface area (Å²) in [6, 6.07) is 3.46. The fraction of sp³-hybridized carbons (Fsp3) is 0.435. The van der Waals surface area contributed by atoms with Crippen LogP contribution < -0.4 is 10.1 Å². The van der Waals surface area contributed by atoms with Gasteiger partial charge in [0.25, 0.3) is 5.91 Å². The van der Waals surface area contributed by atoms with Crippen molar-refractivity contribution in [1.82, 2.24) is 25.4 Å². The van der Waals surface area contributed by atoms with Crippen LogP contribution in [0.25, 0.3) is 11.3 Å². The smallest absolute Gasteiger partial charge is 0.391 e. The zero-order valence-electron chi connectivity index (χ0n) is 18.7. The average molecular weight is 475 g/mol. The van der Waals surface area contributed by atoms with Crippen LogP contribution in [-0.2, 0) is 6.61 Å². The van der Waals surface area contributed by atoms with Gasteiger partial charge in [-0.25, -0.2) is 9.97 Å². The molecule has 0 radical (unpaired) electrons. The summed E-state index contributed by atoms with van der Waals surface area (Å²) >= 11 is 0. The summed E-state index contributed by atoms with van der Waals surface area (Å²) in [7, 11) is 0. The third kappa shape index (κ3) is 5.52. The molecule has 180 valence electrons. The Morgan fingerprint density at radius 2 is 1.85 bits per heavy atom. The van der Waals surface area contributed by atoms with Gasteiger partial charge in [0.15, 0.2) is 0 Å². The highest BCUT2D eigenvalue weighted by Gasteiger charge is 2.41. The Hall–Kier alpha value is -3.50. The second kappa shape index (κ2) is 9.78. The number of nitrogens with one attached hydrogen (secondary N) is 1. The molecule has 0 bridgehead atoms. The fourth-order valence-electron chi connectivity index (χ4n) is 3.87. The van der Waals surface area contributed by atoms with Crippen LogP contribution in [0.5, 0.6) is 5.88 Å². The number of aromatic nitrogens is 4. The second-order valence-electron chi connectivity index (χ2n) is 8.35. The highest BCUT2D eigenvalue weighted by atomic mass is 19.4. The van der Waals surface area contributed by atoms with Gasteiger partial charge in [-0.3, -0.25) is 9.78 Å². The van der Waals surface area contributed by atoms with Crippen molar-refractivity contribution in [1.29, 1.82) is 0 Å². The third-order valence-corrected chi connectivity index (χ3v) is 5.92. The molecule has 11 heteroatoms. The molecule has 3 aromatic heterocycles. The fourth-order valence-corrected chi connectivity index (χ4v) is 3.87. The number of aryl methyl sites for hydroxylation is 2. The third-order valence-electron chi connectivity index (χ3n) is 5.92. The zero-order valence-corrected chi connectivity index (χ0v) is 18.7. The van der Waals surface area contributed by atoms with Crippen LogP contribution in [0.2, 0.25) is 0 Å². The minimum absolute atomic E-state index is 0.00975. The summed E-state index contributed by atoms with van der Waals surface area (Å²) in [5.74, 6) is -0.970. The van der Waals surface area contributed by atoms with Crippen LogP contribution in [0.4, 0.5) is 13.2 Å². The first-order valence-corrected chi connectivity index (χ1v) is 10.9. The second-order valence-corrected chi connectivity index (χ2v) is 8.35. The number of pyridine rings is 1. The number of ether oxygens (including phenoxy) is 1. The number of rotatable bonds is 6. The summed E-state index contributed by atoms with van der Waals surface area (Å²) in [4.78, 5) is 24.9. The molecular weight excluding hydrogens is 451 g/mol. The largest absolute Gasteiger partial charge is 0.471 e. The monoisotopic (exact) mass is 475 g/mol. The van der Waals surface area contributed by atoms with Crippen molar-refractivity contribution in [2.45, 2.75) is 58.4 Å². The lowest BCUT2D eigenvalue weighted by Crippen LogP contribution is -2.40. The minimum atomic E-state index is -4.18. The molecule has 1 fully saturated rings. The molecule has 1 aliphatic rings. The van der Waals surface area contributed by atoms with E-state index in [1.165, 1.54) is 12.4 Å². The van der Waals surface area contributed by atoms with Crippen molar-refractivity contribution in [3.05, 3.63) is 53.4 Å². The molecule has 34 heavy (non-hydrogen) atoms. The maximum atomic E-state index is 12.8. The molecule has 1 saturated carbocycles. The molecule has 3 aromatic rings. The molecule has 0 aromatic carbocycles. The Balaban J connectivity index is 1.33. The van der Waals surface area contributed by atoms with Crippen LogP contribution >= 0.6 is 0 Å². The molecule has 1 aliphatic carbocycles. The number of hydrogen-bond acceptors (Lipinski definition) is 7.